The second kappa shape index (κ2) is 8.18. The number of aromatic nitrogens is 2. The normalized spacial score (nSPS) is 10.7. The molecule has 3 N–H and O–H groups in total. The summed E-state index contributed by atoms with van der Waals surface area (Å²) in [5.74, 6) is -0.685. The minimum absolute atomic E-state index is 0.253. The van der Waals surface area contributed by atoms with Gasteiger partial charge in [-0.25, -0.2) is 9.66 Å². The number of hydrogen-bond donors (Lipinski definition) is 2. The van der Waals surface area contributed by atoms with Crippen LogP contribution in [0.1, 0.15) is 10.4 Å². The maximum Gasteiger partial charge on any atom is 0.281 e. The summed E-state index contributed by atoms with van der Waals surface area (Å²) in [5, 5.41) is 2.33. The molecule has 2 amide bonds. The first kappa shape index (κ1) is 19.3. The summed E-state index contributed by atoms with van der Waals surface area (Å²) in [6.07, 6.45) is 1.29. The molecule has 0 saturated carbocycles. The zero-order valence-electron chi connectivity index (χ0n) is 15.6. The minimum atomic E-state index is -0.595. The lowest BCUT2D eigenvalue weighted by Crippen LogP contribution is -2.33. The summed E-state index contributed by atoms with van der Waals surface area (Å²) in [6.45, 7) is -0.253. The van der Waals surface area contributed by atoms with Gasteiger partial charge in [0.05, 0.1) is 5.39 Å². The number of primary amides is 1. The zero-order valence-corrected chi connectivity index (χ0v) is 16.4. The van der Waals surface area contributed by atoms with Gasteiger partial charge in [0.1, 0.15) is 16.9 Å². The third-order valence-electron chi connectivity index (χ3n) is 4.30. The van der Waals surface area contributed by atoms with E-state index in [0.29, 0.717) is 21.5 Å². The molecule has 0 aliphatic carbocycles. The van der Waals surface area contributed by atoms with E-state index >= 15 is 0 Å². The van der Waals surface area contributed by atoms with Gasteiger partial charge in [0.15, 0.2) is 6.61 Å². The van der Waals surface area contributed by atoms with Crippen LogP contribution in [0, 0.1) is 0 Å². The van der Waals surface area contributed by atoms with Crippen LogP contribution in [0.25, 0.3) is 21.3 Å². The van der Waals surface area contributed by atoms with E-state index in [0.717, 1.165) is 15.8 Å². The fourth-order valence-corrected chi connectivity index (χ4v) is 3.78. The molecule has 8 nitrogen and oxygen atoms in total. The van der Waals surface area contributed by atoms with Crippen LogP contribution >= 0.6 is 11.3 Å². The van der Waals surface area contributed by atoms with E-state index in [1.165, 1.54) is 41.9 Å². The average molecular weight is 420 g/mol. The van der Waals surface area contributed by atoms with Gasteiger partial charge in [0.25, 0.3) is 17.4 Å². The van der Waals surface area contributed by atoms with E-state index in [9.17, 15) is 14.4 Å². The molecule has 2 aromatic carbocycles. The van der Waals surface area contributed by atoms with Crippen LogP contribution in [0.5, 0.6) is 5.75 Å². The largest absolute Gasteiger partial charge is 0.484 e. The molecule has 0 atom stereocenters. The lowest BCUT2D eigenvalue weighted by molar-refractivity contribution is -0.119. The Balaban J connectivity index is 1.59. The van der Waals surface area contributed by atoms with Crippen LogP contribution in [0.4, 0.5) is 0 Å². The SMILES string of the molecule is NC(=O)COc1ccc(C(=O)Nn2cnc3scc(-c4ccccc4)c3c2=O)cc1. The highest BCUT2D eigenvalue weighted by atomic mass is 32.1. The van der Waals surface area contributed by atoms with E-state index in [-0.39, 0.29) is 12.2 Å². The second-order valence-electron chi connectivity index (χ2n) is 6.34. The van der Waals surface area contributed by atoms with Gasteiger partial charge in [-0.2, -0.15) is 0 Å². The van der Waals surface area contributed by atoms with Gasteiger partial charge in [0, 0.05) is 16.5 Å². The summed E-state index contributed by atoms with van der Waals surface area (Å²) in [7, 11) is 0. The maximum absolute atomic E-state index is 13.0. The Labute approximate surface area is 174 Å². The summed E-state index contributed by atoms with van der Waals surface area (Å²) < 4.78 is 6.23. The van der Waals surface area contributed by atoms with Crippen molar-refractivity contribution in [2.75, 3.05) is 12.0 Å². The number of hydrogen-bond acceptors (Lipinski definition) is 6. The second-order valence-corrected chi connectivity index (χ2v) is 7.19. The molecule has 0 aliphatic rings. The van der Waals surface area contributed by atoms with Crippen LogP contribution < -0.4 is 21.5 Å². The molecule has 2 heterocycles. The highest BCUT2D eigenvalue weighted by Gasteiger charge is 2.15. The van der Waals surface area contributed by atoms with Crippen molar-refractivity contribution in [1.82, 2.24) is 9.66 Å². The number of nitrogens with two attached hydrogens (primary N) is 1. The van der Waals surface area contributed by atoms with Crippen molar-refractivity contribution in [1.29, 1.82) is 0 Å². The first-order chi connectivity index (χ1) is 14.5. The number of benzene rings is 2. The molecule has 9 heteroatoms. The highest BCUT2D eigenvalue weighted by Crippen LogP contribution is 2.30. The Morgan fingerprint density at radius 2 is 1.83 bits per heavy atom. The molecule has 4 aromatic rings. The van der Waals surface area contributed by atoms with Crippen LogP contribution in [-0.2, 0) is 4.79 Å². The number of rotatable bonds is 6. The van der Waals surface area contributed by atoms with Crippen LogP contribution in [0.15, 0.2) is 71.1 Å². The van der Waals surface area contributed by atoms with E-state index in [1.807, 2.05) is 35.7 Å². The number of fused-ring (bicyclic) bond motifs is 1. The third-order valence-corrected chi connectivity index (χ3v) is 5.19. The van der Waals surface area contributed by atoms with Gasteiger partial charge >= 0.3 is 0 Å². The zero-order chi connectivity index (χ0) is 21.1. The molecule has 4 rings (SSSR count). The minimum Gasteiger partial charge on any atom is -0.484 e. The van der Waals surface area contributed by atoms with Gasteiger partial charge in [-0.1, -0.05) is 30.3 Å². The lowest BCUT2D eigenvalue weighted by atomic mass is 10.1. The predicted octanol–water partition coefficient (Wildman–Crippen LogP) is 2.37. The van der Waals surface area contributed by atoms with E-state index in [2.05, 4.69) is 10.4 Å². The Morgan fingerprint density at radius 3 is 2.53 bits per heavy atom. The number of carbonyl (C=O) groups excluding carboxylic acids is 2. The molecule has 30 heavy (non-hydrogen) atoms. The van der Waals surface area contributed by atoms with Crippen molar-refractivity contribution in [3.05, 3.63) is 82.2 Å². The van der Waals surface area contributed by atoms with Crippen LogP contribution in [0.2, 0.25) is 0 Å². The fourth-order valence-electron chi connectivity index (χ4n) is 2.87. The average Bonchev–Trinajstić information content (AvgIpc) is 3.20. The smallest absolute Gasteiger partial charge is 0.281 e. The van der Waals surface area contributed by atoms with Crippen LogP contribution in [0.3, 0.4) is 0 Å². The van der Waals surface area contributed by atoms with E-state index in [1.54, 1.807) is 0 Å². The molecule has 0 aliphatic heterocycles. The summed E-state index contributed by atoms with van der Waals surface area (Å²) in [5.41, 5.74) is 9.20. The predicted molar refractivity (Wildman–Crippen MR) is 114 cm³/mol. The highest BCUT2D eigenvalue weighted by molar-refractivity contribution is 7.17. The fraction of sp³-hybridized carbons (Fsp3) is 0.0476. The van der Waals surface area contributed by atoms with Crippen molar-refractivity contribution in [2.24, 2.45) is 5.73 Å². The van der Waals surface area contributed by atoms with Gasteiger partial charge in [-0.3, -0.25) is 19.8 Å². The molecule has 0 radical (unpaired) electrons. The first-order valence-electron chi connectivity index (χ1n) is 8.90. The quantitative estimate of drug-likeness (QED) is 0.497. The topological polar surface area (TPSA) is 116 Å². The van der Waals surface area contributed by atoms with Crippen LogP contribution in [-0.4, -0.2) is 28.1 Å². The lowest BCUT2D eigenvalue weighted by Gasteiger charge is -2.09. The Kier molecular flexibility index (Phi) is 5.27. The number of amides is 2. The van der Waals surface area contributed by atoms with Gasteiger partial charge in [0.2, 0.25) is 0 Å². The molecule has 2 aromatic heterocycles. The number of thiophene rings is 1. The molecular formula is C21H16N4O4S. The van der Waals surface area contributed by atoms with Gasteiger partial charge in [-0.15, -0.1) is 11.3 Å². The summed E-state index contributed by atoms with van der Waals surface area (Å²) in [4.78, 5) is 41.2. The first-order valence-corrected chi connectivity index (χ1v) is 9.77. The Morgan fingerprint density at radius 1 is 1.10 bits per heavy atom. The third kappa shape index (κ3) is 3.91. The Bertz CT molecular complexity index is 1280. The van der Waals surface area contributed by atoms with Crippen molar-refractivity contribution >= 4 is 33.4 Å². The van der Waals surface area contributed by atoms with Crippen molar-refractivity contribution in [3.8, 4) is 16.9 Å². The Hall–Kier alpha value is -3.98. The molecule has 0 spiro atoms. The summed E-state index contributed by atoms with van der Waals surface area (Å²) >= 11 is 1.37. The number of ether oxygens (including phenoxy) is 1. The maximum atomic E-state index is 13.0. The van der Waals surface area contributed by atoms with E-state index in [4.69, 9.17) is 10.5 Å². The molecule has 150 valence electrons. The standard InChI is InChI=1S/C21H16N4O4S/c22-17(26)10-29-15-8-6-14(7-9-15)19(27)24-25-12-23-20-18(21(25)28)16(11-30-20)13-4-2-1-3-5-13/h1-9,11-12H,10H2,(H2,22,26)(H,24,27). The summed E-state index contributed by atoms with van der Waals surface area (Å²) in [6, 6.07) is 15.6. The monoisotopic (exact) mass is 420 g/mol. The number of nitrogens with one attached hydrogen (secondary N) is 1. The molecule has 0 unspecified atom stereocenters. The van der Waals surface area contributed by atoms with Gasteiger partial charge < -0.3 is 10.5 Å². The van der Waals surface area contributed by atoms with Crippen molar-refractivity contribution in [3.63, 3.8) is 0 Å². The van der Waals surface area contributed by atoms with Gasteiger partial charge in [-0.05, 0) is 29.8 Å². The molecule has 0 fully saturated rings. The number of carbonyl (C=O) groups is 2. The molecule has 0 saturated heterocycles. The molecule has 0 bridgehead atoms. The van der Waals surface area contributed by atoms with Crippen molar-refractivity contribution in [2.45, 2.75) is 0 Å². The number of nitrogens with zero attached hydrogens (tertiary/aromatic N) is 2. The molecular weight excluding hydrogens is 404 g/mol. The van der Waals surface area contributed by atoms with Crippen molar-refractivity contribution < 1.29 is 14.3 Å². The van der Waals surface area contributed by atoms with E-state index < -0.39 is 11.8 Å².